The van der Waals surface area contributed by atoms with Crippen LogP contribution in [0.4, 0.5) is 4.79 Å². The minimum atomic E-state index is -0.468. The second-order valence-corrected chi connectivity index (χ2v) is 6.28. The van der Waals surface area contributed by atoms with Gasteiger partial charge in [-0.2, -0.15) is 0 Å². The van der Waals surface area contributed by atoms with Crippen molar-refractivity contribution >= 4 is 11.9 Å². The fourth-order valence-electron chi connectivity index (χ4n) is 3.33. The van der Waals surface area contributed by atoms with Gasteiger partial charge in [0.25, 0.3) is 0 Å². The van der Waals surface area contributed by atoms with Crippen LogP contribution < -0.4 is 10.6 Å². The Morgan fingerprint density at radius 2 is 1.73 bits per heavy atom. The summed E-state index contributed by atoms with van der Waals surface area (Å²) in [6, 6.07) is 8.76. The van der Waals surface area contributed by atoms with E-state index in [1.165, 1.54) is 13.5 Å². The fraction of sp³-hybridized carbons (Fsp3) is 0.529. The molecule has 1 heterocycles. The van der Waals surface area contributed by atoms with Gasteiger partial charge in [0.15, 0.2) is 0 Å². The lowest BCUT2D eigenvalue weighted by Crippen LogP contribution is -2.49. The molecule has 5 nitrogen and oxygen atoms in total. The van der Waals surface area contributed by atoms with Crippen LogP contribution in [0.1, 0.15) is 31.9 Å². The molecule has 5 heteroatoms. The molecule has 2 N–H and O–H groups in total. The molecule has 0 spiro atoms. The zero-order valence-electron chi connectivity index (χ0n) is 13.5. The summed E-state index contributed by atoms with van der Waals surface area (Å²) in [5.41, 5.74) is 0.921. The number of hydrogen-bond acceptors (Lipinski definition) is 3. The Kier molecular flexibility index (Phi) is 5.55. The van der Waals surface area contributed by atoms with Crippen molar-refractivity contribution in [3.63, 3.8) is 0 Å². The SMILES string of the molecule is CNC(=O)NC(=O)C(c1ccccc1)N1CC(C)CC(C)C1. The van der Waals surface area contributed by atoms with E-state index in [9.17, 15) is 9.59 Å². The third kappa shape index (κ3) is 4.07. The Hall–Kier alpha value is -1.88. The summed E-state index contributed by atoms with van der Waals surface area (Å²) in [6.07, 6.45) is 1.18. The van der Waals surface area contributed by atoms with E-state index >= 15 is 0 Å². The summed E-state index contributed by atoms with van der Waals surface area (Å²) in [6.45, 7) is 6.15. The topological polar surface area (TPSA) is 61.4 Å². The second kappa shape index (κ2) is 7.40. The van der Waals surface area contributed by atoms with E-state index in [1.807, 2.05) is 30.3 Å². The smallest absolute Gasteiger partial charge is 0.321 e. The molecule has 1 saturated heterocycles. The van der Waals surface area contributed by atoms with E-state index in [1.54, 1.807) is 0 Å². The monoisotopic (exact) mass is 303 g/mol. The maximum Gasteiger partial charge on any atom is 0.321 e. The summed E-state index contributed by atoms with van der Waals surface area (Å²) in [7, 11) is 1.51. The van der Waals surface area contributed by atoms with Crippen LogP contribution in [0, 0.1) is 11.8 Å². The van der Waals surface area contributed by atoms with Crippen molar-refractivity contribution in [1.29, 1.82) is 0 Å². The highest BCUT2D eigenvalue weighted by atomic mass is 16.2. The number of nitrogens with one attached hydrogen (secondary N) is 2. The van der Waals surface area contributed by atoms with E-state index < -0.39 is 12.1 Å². The van der Waals surface area contributed by atoms with Gasteiger partial charge in [0.05, 0.1) is 0 Å². The van der Waals surface area contributed by atoms with Crippen LogP contribution in [-0.4, -0.2) is 37.0 Å². The molecule has 120 valence electrons. The molecular formula is C17H25N3O2. The predicted molar refractivity (Wildman–Crippen MR) is 86.3 cm³/mol. The average molecular weight is 303 g/mol. The van der Waals surface area contributed by atoms with E-state index in [-0.39, 0.29) is 5.91 Å². The fourth-order valence-corrected chi connectivity index (χ4v) is 3.33. The van der Waals surface area contributed by atoms with Gasteiger partial charge in [0, 0.05) is 20.1 Å². The van der Waals surface area contributed by atoms with E-state index in [2.05, 4.69) is 29.4 Å². The first-order valence-corrected chi connectivity index (χ1v) is 7.82. The van der Waals surface area contributed by atoms with Gasteiger partial charge >= 0.3 is 6.03 Å². The van der Waals surface area contributed by atoms with Crippen molar-refractivity contribution < 1.29 is 9.59 Å². The Labute approximate surface area is 132 Å². The lowest BCUT2D eigenvalue weighted by atomic mass is 9.89. The van der Waals surface area contributed by atoms with Crippen LogP contribution in [0.15, 0.2) is 30.3 Å². The first-order valence-electron chi connectivity index (χ1n) is 7.82. The molecule has 3 atom stereocenters. The van der Waals surface area contributed by atoms with Gasteiger partial charge in [0.1, 0.15) is 6.04 Å². The van der Waals surface area contributed by atoms with Crippen molar-refractivity contribution in [3.8, 4) is 0 Å². The molecule has 1 aromatic rings. The first kappa shape index (κ1) is 16.5. The first-order chi connectivity index (χ1) is 10.5. The van der Waals surface area contributed by atoms with E-state index in [0.717, 1.165) is 18.7 Å². The van der Waals surface area contributed by atoms with Crippen LogP contribution in [0.5, 0.6) is 0 Å². The standard InChI is InChI=1S/C17H25N3O2/c1-12-9-13(2)11-20(10-12)15(14-7-5-4-6-8-14)16(21)19-17(22)18-3/h4-8,12-13,15H,9-11H2,1-3H3,(H2,18,19,21,22). The molecule has 1 aromatic carbocycles. The van der Waals surface area contributed by atoms with Crippen molar-refractivity contribution in [1.82, 2.24) is 15.5 Å². The van der Waals surface area contributed by atoms with Gasteiger partial charge < -0.3 is 5.32 Å². The molecular weight excluding hydrogens is 278 g/mol. The minimum Gasteiger partial charge on any atom is -0.341 e. The number of urea groups is 1. The number of hydrogen-bond donors (Lipinski definition) is 2. The lowest BCUT2D eigenvalue weighted by Gasteiger charge is -2.39. The Balaban J connectivity index is 2.25. The molecule has 0 aromatic heterocycles. The van der Waals surface area contributed by atoms with Crippen LogP contribution in [0.2, 0.25) is 0 Å². The zero-order valence-corrected chi connectivity index (χ0v) is 13.5. The van der Waals surface area contributed by atoms with Gasteiger partial charge in [0.2, 0.25) is 5.91 Å². The number of carbonyl (C=O) groups excluding carboxylic acids is 2. The third-order valence-electron chi connectivity index (χ3n) is 4.09. The normalized spacial score (nSPS) is 23.6. The van der Waals surface area contributed by atoms with Gasteiger partial charge in [-0.3, -0.25) is 15.0 Å². The quantitative estimate of drug-likeness (QED) is 0.899. The summed E-state index contributed by atoms with van der Waals surface area (Å²) < 4.78 is 0. The number of benzene rings is 1. The van der Waals surface area contributed by atoms with Crippen LogP contribution >= 0.6 is 0 Å². The molecule has 1 aliphatic rings. The highest BCUT2D eigenvalue weighted by molar-refractivity contribution is 5.97. The number of likely N-dealkylation sites (tertiary alicyclic amines) is 1. The van der Waals surface area contributed by atoms with Gasteiger partial charge in [-0.25, -0.2) is 4.79 Å². The van der Waals surface area contributed by atoms with Crippen molar-refractivity contribution in [2.45, 2.75) is 26.3 Å². The molecule has 3 unspecified atom stereocenters. The molecule has 0 aliphatic carbocycles. The number of carbonyl (C=O) groups is 2. The molecule has 0 saturated carbocycles. The summed E-state index contributed by atoms with van der Waals surface area (Å²) >= 11 is 0. The largest absolute Gasteiger partial charge is 0.341 e. The lowest BCUT2D eigenvalue weighted by molar-refractivity contribution is -0.126. The van der Waals surface area contributed by atoms with Crippen LogP contribution in [-0.2, 0) is 4.79 Å². The van der Waals surface area contributed by atoms with Crippen molar-refractivity contribution in [2.75, 3.05) is 20.1 Å². The highest BCUT2D eigenvalue weighted by Gasteiger charge is 2.33. The minimum absolute atomic E-state index is 0.271. The number of nitrogens with zero attached hydrogens (tertiary/aromatic N) is 1. The average Bonchev–Trinajstić information content (AvgIpc) is 2.47. The molecule has 22 heavy (non-hydrogen) atoms. The summed E-state index contributed by atoms with van der Waals surface area (Å²) in [4.78, 5) is 26.3. The maximum atomic E-state index is 12.6. The van der Waals surface area contributed by atoms with Gasteiger partial charge in [-0.1, -0.05) is 44.2 Å². The van der Waals surface area contributed by atoms with Gasteiger partial charge in [-0.15, -0.1) is 0 Å². The predicted octanol–water partition coefficient (Wildman–Crippen LogP) is 2.16. The number of amides is 3. The Morgan fingerprint density at radius 1 is 1.14 bits per heavy atom. The molecule has 1 fully saturated rings. The van der Waals surface area contributed by atoms with E-state index in [0.29, 0.717) is 11.8 Å². The third-order valence-corrected chi connectivity index (χ3v) is 4.09. The Bertz CT molecular complexity index is 508. The van der Waals surface area contributed by atoms with Gasteiger partial charge in [-0.05, 0) is 23.8 Å². The number of rotatable bonds is 3. The van der Waals surface area contributed by atoms with Crippen molar-refractivity contribution in [2.24, 2.45) is 11.8 Å². The molecule has 2 rings (SSSR count). The highest BCUT2D eigenvalue weighted by Crippen LogP contribution is 2.29. The summed E-state index contributed by atoms with van der Waals surface area (Å²) in [5.74, 6) is 0.817. The second-order valence-electron chi connectivity index (χ2n) is 6.28. The Morgan fingerprint density at radius 3 is 2.27 bits per heavy atom. The molecule has 0 radical (unpaired) electrons. The van der Waals surface area contributed by atoms with Crippen molar-refractivity contribution in [3.05, 3.63) is 35.9 Å². The number of imide groups is 1. The zero-order chi connectivity index (χ0) is 16.1. The summed E-state index contributed by atoms with van der Waals surface area (Å²) in [5, 5.41) is 4.86. The van der Waals surface area contributed by atoms with Crippen LogP contribution in [0.3, 0.4) is 0 Å². The molecule has 0 bridgehead atoms. The molecule has 1 aliphatic heterocycles. The molecule has 3 amide bonds. The van der Waals surface area contributed by atoms with Crippen LogP contribution in [0.25, 0.3) is 0 Å². The van der Waals surface area contributed by atoms with E-state index in [4.69, 9.17) is 0 Å². The maximum absolute atomic E-state index is 12.6. The number of piperidine rings is 1.